The van der Waals surface area contributed by atoms with Crippen LogP contribution in [0.4, 0.5) is 17.8 Å². The van der Waals surface area contributed by atoms with Gasteiger partial charge >= 0.3 is 0 Å². The van der Waals surface area contributed by atoms with Crippen LogP contribution in [0, 0.1) is 0 Å². The Kier molecular flexibility index (Phi) is 15.6. The molecular formula is C17H50ClN13. The molecule has 0 amide bonds. The van der Waals surface area contributed by atoms with E-state index in [0.29, 0.717) is 5.95 Å². The van der Waals surface area contributed by atoms with Crippen molar-refractivity contribution in [1.82, 2.24) is 50.3 Å². The maximum absolute atomic E-state index is 4.79. The van der Waals surface area contributed by atoms with Crippen LogP contribution in [0.15, 0.2) is 4.99 Å². The maximum Gasteiger partial charge on any atom is 0.248 e. The number of guanidine groups is 1. The lowest BCUT2D eigenvalue weighted by molar-refractivity contribution is 0.556. The second-order valence-electron chi connectivity index (χ2n) is 7.12. The zero-order valence-corrected chi connectivity index (χ0v) is 19.4. The molecule has 2 saturated heterocycles. The second-order valence-corrected chi connectivity index (χ2v) is 7.12. The molecule has 0 spiro atoms. The third-order valence-electron chi connectivity index (χ3n) is 5.08. The van der Waals surface area contributed by atoms with Gasteiger partial charge in [0.15, 0.2) is 0 Å². The first-order valence-electron chi connectivity index (χ1n) is 9.95. The van der Waals surface area contributed by atoms with Gasteiger partial charge in [0, 0.05) is 45.0 Å². The summed E-state index contributed by atoms with van der Waals surface area (Å²) in [5.74, 6) is 2.86. The van der Waals surface area contributed by atoms with Crippen LogP contribution in [0.5, 0.6) is 0 Å². The standard InChI is InChI=1S/C17H29N9.ClH.4H3N.4H2/c1-3-10-25(11-4-1)16-20-15(24-23-14-18-8-7-9-19-14)21-17(22-16)26-12-5-2-6-13-26;;;;;;;;;/h1-13H2,(H2,18,19,23)(H,20,21,22,24);1H;4*1H3;4*1H. The fourth-order valence-corrected chi connectivity index (χ4v) is 3.61. The molecule has 1 aromatic heterocycles. The summed E-state index contributed by atoms with van der Waals surface area (Å²) in [6, 6.07) is 0. The average Bonchev–Trinajstić information content (AvgIpc) is 2.74. The van der Waals surface area contributed by atoms with Crippen LogP contribution >= 0.6 is 12.4 Å². The van der Waals surface area contributed by atoms with Crippen molar-refractivity contribution >= 4 is 36.2 Å². The van der Waals surface area contributed by atoms with Gasteiger partial charge in [0.05, 0.1) is 0 Å². The highest BCUT2D eigenvalue weighted by atomic mass is 35.5. The Hall–Kier alpha value is -2.19. The Morgan fingerprint density at radius 2 is 1.19 bits per heavy atom. The molecule has 3 aliphatic heterocycles. The molecule has 0 radical (unpaired) electrons. The van der Waals surface area contributed by atoms with Crippen LogP contribution in [-0.2, 0) is 0 Å². The van der Waals surface area contributed by atoms with E-state index < -0.39 is 0 Å². The molecule has 190 valence electrons. The highest BCUT2D eigenvalue weighted by Gasteiger charge is 2.20. The number of hydrazine groups is 1. The fourth-order valence-electron chi connectivity index (χ4n) is 3.61. The van der Waals surface area contributed by atoms with Crippen LogP contribution < -0.4 is 50.6 Å². The van der Waals surface area contributed by atoms with E-state index in [1.54, 1.807) is 0 Å². The van der Waals surface area contributed by atoms with E-state index in [4.69, 9.17) is 4.98 Å². The summed E-state index contributed by atoms with van der Waals surface area (Å²) in [5.41, 5.74) is 6.21. The first-order valence-corrected chi connectivity index (χ1v) is 9.95. The molecule has 14 heteroatoms. The minimum atomic E-state index is 0. The van der Waals surface area contributed by atoms with Gasteiger partial charge in [-0.15, -0.1) is 12.4 Å². The normalized spacial score (nSPS) is 17.6. The largest absolute Gasteiger partial charge is 0.355 e. The van der Waals surface area contributed by atoms with Gasteiger partial charge in [0.25, 0.3) is 0 Å². The van der Waals surface area contributed by atoms with Crippen molar-refractivity contribution in [1.29, 1.82) is 0 Å². The Labute approximate surface area is 197 Å². The van der Waals surface area contributed by atoms with Crippen molar-refractivity contribution in [3.8, 4) is 0 Å². The minimum Gasteiger partial charge on any atom is -0.355 e. The highest BCUT2D eigenvalue weighted by Crippen LogP contribution is 2.22. The number of piperidine rings is 2. The minimum absolute atomic E-state index is 0. The van der Waals surface area contributed by atoms with Gasteiger partial charge in [-0.05, 0) is 44.9 Å². The van der Waals surface area contributed by atoms with Gasteiger partial charge in [-0.1, -0.05) is 0 Å². The van der Waals surface area contributed by atoms with E-state index >= 15 is 0 Å². The number of nitrogens with zero attached hydrogens (tertiary/aromatic N) is 6. The monoisotopic (exact) mass is 471 g/mol. The molecular weight excluding hydrogens is 422 g/mol. The van der Waals surface area contributed by atoms with Gasteiger partial charge in [0.2, 0.25) is 23.8 Å². The number of aromatic nitrogens is 3. The summed E-state index contributed by atoms with van der Waals surface area (Å²) >= 11 is 0. The molecule has 0 saturated carbocycles. The molecule has 13 nitrogen and oxygen atoms in total. The molecule has 0 unspecified atom stereocenters. The number of anilines is 3. The first kappa shape index (κ1) is 31.0. The van der Waals surface area contributed by atoms with Gasteiger partial charge < -0.3 is 39.7 Å². The van der Waals surface area contributed by atoms with Crippen molar-refractivity contribution in [2.75, 3.05) is 54.5 Å². The number of hydrogen-bond donors (Lipinski definition) is 7. The molecule has 4 rings (SSSR count). The average molecular weight is 472 g/mol. The fraction of sp³-hybridized carbons (Fsp3) is 0.765. The molecule has 1 aromatic rings. The lowest BCUT2D eigenvalue weighted by atomic mass is 10.1. The van der Waals surface area contributed by atoms with Crippen LogP contribution in [0.2, 0.25) is 0 Å². The quantitative estimate of drug-likeness (QED) is 0.313. The summed E-state index contributed by atoms with van der Waals surface area (Å²) in [7, 11) is 0. The number of hydrogen-bond acceptors (Lipinski definition) is 13. The van der Waals surface area contributed by atoms with Crippen molar-refractivity contribution in [3.63, 3.8) is 0 Å². The van der Waals surface area contributed by atoms with Crippen LogP contribution in [-0.4, -0.2) is 60.2 Å². The van der Waals surface area contributed by atoms with Gasteiger partial charge in [-0.3, -0.25) is 15.8 Å². The van der Waals surface area contributed by atoms with Crippen LogP contribution in [0.25, 0.3) is 0 Å². The Morgan fingerprint density at radius 1 is 0.677 bits per heavy atom. The number of rotatable bonds is 4. The molecule has 0 aliphatic carbocycles. The highest BCUT2D eigenvalue weighted by molar-refractivity contribution is 5.85. The lowest BCUT2D eigenvalue weighted by Crippen LogP contribution is -2.44. The van der Waals surface area contributed by atoms with Gasteiger partial charge in [0.1, 0.15) is 0 Å². The predicted octanol–water partition coefficient (Wildman–Crippen LogP) is 3.17. The third kappa shape index (κ3) is 8.45. The number of halogens is 1. The van der Waals surface area contributed by atoms with E-state index in [-0.39, 0.29) is 42.7 Å². The van der Waals surface area contributed by atoms with Gasteiger partial charge in [-0.25, -0.2) is 0 Å². The molecule has 31 heavy (non-hydrogen) atoms. The molecule has 0 aromatic carbocycles. The smallest absolute Gasteiger partial charge is 0.248 e. The molecule has 3 aliphatic rings. The van der Waals surface area contributed by atoms with Crippen molar-refractivity contribution < 1.29 is 5.71 Å². The van der Waals surface area contributed by atoms with E-state index in [2.05, 4.69) is 40.9 Å². The van der Waals surface area contributed by atoms with Crippen molar-refractivity contribution in [2.24, 2.45) is 4.99 Å². The molecule has 15 N–H and O–H groups in total. The number of nitrogens with one attached hydrogen (secondary N) is 3. The maximum atomic E-state index is 4.79. The summed E-state index contributed by atoms with van der Waals surface area (Å²) < 4.78 is 0. The Balaban J connectivity index is -0.000000234. The molecule has 0 bridgehead atoms. The summed E-state index contributed by atoms with van der Waals surface area (Å²) in [5, 5.41) is 3.23. The van der Waals surface area contributed by atoms with E-state index in [1.807, 2.05) is 0 Å². The topological polar surface area (TPSA) is 234 Å². The van der Waals surface area contributed by atoms with E-state index in [0.717, 1.165) is 63.5 Å². The number of aliphatic imine (C=N–C) groups is 1. The van der Waals surface area contributed by atoms with E-state index in [9.17, 15) is 0 Å². The van der Waals surface area contributed by atoms with Gasteiger partial charge in [-0.2, -0.15) is 15.0 Å². The Bertz CT molecular complexity index is 614. The van der Waals surface area contributed by atoms with Crippen LogP contribution in [0.1, 0.15) is 50.7 Å². The predicted molar refractivity (Wildman–Crippen MR) is 139 cm³/mol. The summed E-state index contributed by atoms with van der Waals surface area (Å²) in [4.78, 5) is 23.1. The molecule has 4 heterocycles. The summed E-state index contributed by atoms with van der Waals surface area (Å²) in [6.07, 6.45) is 8.45. The second kappa shape index (κ2) is 15.6. The molecule has 0 atom stereocenters. The van der Waals surface area contributed by atoms with Crippen molar-refractivity contribution in [2.45, 2.75) is 44.9 Å². The zero-order chi connectivity index (χ0) is 17.6. The lowest BCUT2D eigenvalue weighted by Gasteiger charge is -2.30. The first-order chi connectivity index (χ1) is 12.9. The Morgan fingerprint density at radius 3 is 1.65 bits per heavy atom. The third-order valence-corrected chi connectivity index (χ3v) is 5.08. The molecule has 2 fully saturated rings. The summed E-state index contributed by atoms with van der Waals surface area (Å²) in [6.45, 7) is 5.85. The van der Waals surface area contributed by atoms with Crippen LogP contribution in [0.3, 0.4) is 0 Å². The van der Waals surface area contributed by atoms with Crippen molar-refractivity contribution in [3.05, 3.63) is 0 Å². The zero-order valence-electron chi connectivity index (χ0n) is 18.6. The SMILES string of the molecule is C1CCN(c2nc(NNC3=NCCCN3)nc(N3CCCCC3)n2)CC1.Cl.N.N.N.N.[HH].[HH].[HH].[HH]. The van der Waals surface area contributed by atoms with E-state index in [1.165, 1.54) is 38.5 Å².